The summed E-state index contributed by atoms with van der Waals surface area (Å²) in [4.78, 5) is 0. The molecule has 2 heterocycles. The highest BCUT2D eigenvalue weighted by Gasteiger charge is 2.18. The van der Waals surface area contributed by atoms with Crippen LogP contribution in [0.2, 0.25) is 5.02 Å². The Kier molecular flexibility index (Phi) is 4.84. The molecule has 8 heteroatoms. The number of halogens is 1. The summed E-state index contributed by atoms with van der Waals surface area (Å²) in [5.41, 5.74) is 5.28. The van der Waals surface area contributed by atoms with Gasteiger partial charge in [0.05, 0.1) is 12.3 Å². The number of hydrogen-bond acceptors (Lipinski definition) is 6. The fourth-order valence-electron chi connectivity index (χ4n) is 2.97. The summed E-state index contributed by atoms with van der Waals surface area (Å²) in [6.45, 7) is 4.89. The van der Waals surface area contributed by atoms with E-state index in [2.05, 4.69) is 41.5 Å². The highest BCUT2D eigenvalue weighted by atomic mass is 35.5. The molecule has 0 saturated carbocycles. The monoisotopic (exact) mass is 388 g/mol. The van der Waals surface area contributed by atoms with E-state index < -0.39 is 0 Å². The molecule has 6 nitrogen and oxygen atoms in total. The topological polar surface area (TPSA) is 62.1 Å². The van der Waals surface area contributed by atoms with Crippen LogP contribution in [0.4, 0.5) is 0 Å². The number of thioether (sulfide) groups is 1. The Bertz CT molecular complexity index is 960. The van der Waals surface area contributed by atoms with Crippen LogP contribution >= 0.6 is 23.4 Å². The van der Waals surface area contributed by atoms with Crippen molar-refractivity contribution in [2.24, 2.45) is 0 Å². The summed E-state index contributed by atoms with van der Waals surface area (Å²) in [6.07, 6.45) is 0. The molecule has 1 aliphatic heterocycles. The fourth-order valence-corrected chi connectivity index (χ4v) is 4.08. The van der Waals surface area contributed by atoms with E-state index >= 15 is 0 Å². The van der Waals surface area contributed by atoms with Gasteiger partial charge in [-0.2, -0.15) is 4.68 Å². The maximum absolute atomic E-state index is 6.24. The summed E-state index contributed by atoms with van der Waals surface area (Å²) in [7, 11) is 0. The van der Waals surface area contributed by atoms with E-state index in [1.165, 1.54) is 5.56 Å². The smallest absolute Gasteiger partial charge is 0.214 e. The molecule has 0 radical (unpaired) electrons. The average molecular weight is 389 g/mol. The van der Waals surface area contributed by atoms with Gasteiger partial charge in [-0.25, -0.2) is 0 Å². The molecular formula is C18H17ClN4O2S. The van der Waals surface area contributed by atoms with Gasteiger partial charge in [-0.05, 0) is 48.0 Å². The van der Waals surface area contributed by atoms with Gasteiger partial charge >= 0.3 is 0 Å². The van der Waals surface area contributed by atoms with Crippen LogP contribution in [0.15, 0.2) is 35.5 Å². The van der Waals surface area contributed by atoms with Gasteiger partial charge in [0.2, 0.25) is 5.16 Å². The lowest BCUT2D eigenvalue weighted by Gasteiger charge is -2.21. The normalized spacial score (nSPS) is 13.3. The van der Waals surface area contributed by atoms with Crippen LogP contribution in [-0.4, -0.2) is 27.0 Å². The van der Waals surface area contributed by atoms with Crippen molar-refractivity contribution in [3.05, 3.63) is 57.6 Å². The third-order valence-corrected chi connectivity index (χ3v) is 5.32. The maximum atomic E-state index is 6.24. The molecule has 0 spiro atoms. The Morgan fingerprint density at radius 3 is 2.96 bits per heavy atom. The van der Waals surface area contributed by atoms with E-state index in [9.17, 15) is 0 Å². The number of aryl methyl sites for hydroxylation is 2. The summed E-state index contributed by atoms with van der Waals surface area (Å²) < 4.78 is 12.8. The van der Waals surface area contributed by atoms with Crippen LogP contribution in [0.25, 0.3) is 5.69 Å². The largest absolute Gasteiger partial charge is 0.467 e. The predicted octanol–water partition coefficient (Wildman–Crippen LogP) is 4.09. The van der Waals surface area contributed by atoms with E-state index in [4.69, 9.17) is 21.1 Å². The number of tetrazole rings is 1. The number of benzene rings is 2. The van der Waals surface area contributed by atoms with Gasteiger partial charge in [0.1, 0.15) is 5.75 Å². The van der Waals surface area contributed by atoms with Crippen LogP contribution in [-0.2, 0) is 17.1 Å². The minimum Gasteiger partial charge on any atom is -0.467 e. The van der Waals surface area contributed by atoms with Gasteiger partial charge in [0, 0.05) is 21.9 Å². The first-order valence-electron chi connectivity index (χ1n) is 8.12. The van der Waals surface area contributed by atoms with Gasteiger partial charge in [-0.3, -0.25) is 0 Å². The highest BCUT2D eigenvalue weighted by molar-refractivity contribution is 7.98. The van der Waals surface area contributed by atoms with Crippen molar-refractivity contribution in [1.82, 2.24) is 20.2 Å². The fraction of sp³-hybridized carbons (Fsp3) is 0.278. The molecule has 0 saturated heterocycles. The average Bonchev–Trinajstić information content (AvgIpc) is 3.07. The zero-order valence-corrected chi connectivity index (χ0v) is 16.0. The number of nitrogens with zero attached hydrogens (tertiary/aromatic N) is 4. The number of ether oxygens (including phenoxy) is 2. The summed E-state index contributed by atoms with van der Waals surface area (Å²) in [6, 6.07) is 10.0. The van der Waals surface area contributed by atoms with Gasteiger partial charge in [-0.15, -0.1) is 5.10 Å². The molecular weight excluding hydrogens is 372 g/mol. The molecule has 134 valence electrons. The van der Waals surface area contributed by atoms with Crippen molar-refractivity contribution in [1.29, 1.82) is 0 Å². The van der Waals surface area contributed by atoms with Gasteiger partial charge in [0.15, 0.2) is 6.79 Å². The minimum absolute atomic E-state index is 0.257. The summed E-state index contributed by atoms with van der Waals surface area (Å²) in [5, 5.41) is 13.6. The Morgan fingerprint density at radius 1 is 1.23 bits per heavy atom. The standard InChI is InChI=1S/C18H17ClN4O2S/c1-11-3-4-16(12(2)5-11)23-18(20-21-22-23)26-9-14-7-15(19)6-13-8-24-10-25-17(13)14/h3-7H,8-10H2,1-2H3. The molecule has 26 heavy (non-hydrogen) atoms. The third-order valence-electron chi connectivity index (χ3n) is 4.13. The number of fused-ring (bicyclic) bond motifs is 1. The van der Waals surface area contributed by atoms with Crippen LogP contribution in [0.3, 0.4) is 0 Å². The second-order valence-electron chi connectivity index (χ2n) is 6.12. The quantitative estimate of drug-likeness (QED) is 0.627. The Hall–Kier alpha value is -2.09. The van der Waals surface area contributed by atoms with E-state index in [0.717, 1.165) is 33.3 Å². The lowest BCUT2D eigenvalue weighted by molar-refractivity contribution is -0.0168. The SMILES string of the molecule is Cc1ccc(-n2nnnc2SCc2cc(Cl)cc3c2OCOC3)c(C)c1. The molecule has 0 bridgehead atoms. The minimum atomic E-state index is 0.257. The lowest BCUT2D eigenvalue weighted by Crippen LogP contribution is -2.13. The lowest BCUT2D eigenvalue weighted by atomic mass is 10.1. The van der Waals surface area contributed by atoms with Crippen molar-refractivity contribution < 1.29 is 9.47 Å². The molecule has 2 aromatic carbocycles. The number of aromatic nitrogens is 4. The first-order chi connectivity index (χ1) is 12.6. The highest BCUT2D eigenvalue weighted by Crippen LogP contribution is 2.35. The van der Waals surface area contributed by atoms with E-state index in [-0.39, 0.29) is 6.79 Å². The Labute approximate surface area is 160 Å². The van der Waals surface area contributed by atoms with Crippen LogP contribution in [0.5, 0.6) is 5.75 Å². The second kappa shape index (κ2) is 7.26. The molecule has 0 unspecified atom stereocenters. The predicted molar refractivity (Wildman–Crippen MR) is 99.9 cm³/mol. The Balaban J connectivity index is 1.61. The molecule has 0 amide bonds. The van der Waals surface area contributed by atoms with E-state index in [1.807, 2.05) is 18.2 Å². The van der Waals surface area contributed by atoms with Crippen LogP contribution < -0.4 is 4.74 Å². The van der Waals surface area contributed by atoms with Crippen LogP contribution in [0.1, 0.15) is 22.3 Å². The number of rotatable bonds is 4. The van der Waals surface area contributed by atoms with Crippen LogP contribution in [0, 0.1) is 13.8 Å². The molecule has 1 aromatic heterocycles. The zero-order chi connectivity index (χ0) is 18.1. The van der Waals surface area contributed by atoms with Crippen molar-refractivity contribution >= 4 is 23.4 Å². The van der Waals surface area contributed by atoms with Crippen molar-refractivity contribution in [3.8, 4) is 11.4 Å². The first kappa shape index (κ1) is 17.3. The van der Waals surface area contributed by atoms with Gasteiger partial charge < -0.3 is 9.47 Å². The van der Waals surface area contributed by atoms with E-state index in [1.54, 1.807) is 16.4 Å². The molecule has 0 N–H and O–H groups in total. The summed E-state index contributed by atoms with van der Waals surface area (Å²) in [5.74, 6) is 1.49. The molecule has 0 atom stereocenters. The molecule has 0 aliphatic carbocycles. The number of hydrogen-bond donors (Lipinski definition) is 0. The maximum Gasteiger partial charge on any atom is 0.214 e. The zero-order valence-electron chi connectivity index (χ0n) is 14.4. The molecule has 1 aliphatic rings. The summed E-state index contributed by atoms with van der Waals surface area (Å²) >= 11 is 7.78. The molecule has 0 fully saturated rings. The molecule has 4 rings (SSSR count). The van der Waals surface area contributed by atoms with E-state index in [0.29, 0.717) is 17.4 Å². The van der Waals surface area contributed by atoms with Crippen molar-refractivity contribution in [2.75, 3.05) is 6.79 Å². The van der Waals surface area contributed by atoms with Crippen molar-refractivity contribution in [2.45, 2.75) is 31.4 Å². The van der Waals surface area contributed by atoms with Gasteiger partial charge in [0.25, 0.3) is 0 Å². The Morgan fingerprint density at radius 2 is 2.12 bits per heavy atom. The van der Waals surface area contributed by atoms with Crippen molar-refractivity contribution in [3.63, 3.8) is 0 Å². The molecule has 3 aromatic rings. The third kappa shape index (κ3) is 3.42. The van der Waals surface area contributed by atoms with Gasteiger partial charge in [-0.1, -0.05) is 41.1 Å². The second-order valence-corrected chi connectivity index (χ2v) is 7.49. The first-order valence-corrected chi connectivity index (χ1v) is 9.49.